The lowest BCUT2D eigenvalue weighted by Crippen LogP contribution is -2.43. The minimum Gasteiger partial charge on any atom is -0.369 e. The van der Waals surface area contributed by atoms with Crippen molar-refractivity contribution in [3.63, 3.8) is 0 Å². The van der Waals surface area contributed by atoms with Gasteiger partial charge in [-0.15, -0.1) is 0 Å². The Morgan fingerprint density at radius 2 is 2.00 bits per heavy atom. The molecule has 3 nitrogen and oxygen atoms in total. The lowest BCUT2D eigenvalue weighted by Gasteiger charge is -2.39. The predicted molar refractivity (Wildman–Crippen MR) is 73.1 cm³/mol. The van der Waals surface area contributed by atoms with Gasteiger partial charge in [0, 0.05) is 18.9 Å². The molecule has 18 heavy (non-hydrogen) atoms. The SMILES string of the molecule is CCC1CCC(CN)(OCc2ccncc2)CC1. The van der Waals surface area contributed by atoms with Gasteiger partial charge in [-0.2, -0.15) is 0 Å². The lowest BCUT2D eigenvalue weighted by molar-refractivity contribution is -0.0813. The number of hydrogen-bond donors (Lipinski definition) is 1. The Morgan fingerprint density at radius 1 is 1.33 bits per heavy atom. The van der Waals surface area contributed by atoms with Gasteiger partial charge in [0.25, 0.3) is 0 Å². The van der Waals surface area contributed by atoms with Crippen LogP contribution < -0.4 is 5.73 Å². The fourth-order valence-corrected chi connectivity index (χ4v) is 2.73. The summed E-state index contributed by atoms with van der Waals surface area (Å²) in [5.41, 5.74) is 7.04. The molecule has 0 saturated heterocycles. The number of ether oxygens (including phenoxy) is 1. The topological polar surface area (TPSA) is 48.1 Å². The van der Waals surface area contributed by atoms with Gasteiger partial charge in [0.15, 0.2) is 0 Å². The summed E-state index contributed by atoms with van der Waals surface area (Å²) in [5, 5.41) is 0. The third-order valence-electron chi connectivity index (χ3n) is 4.26. The summed E-state index contributed by atoms with van der Waals surface area (Å²) in [6.45, 7) is 3.56. The zero-order chi connectivity index (χ0) is 12.8. The van der Waals surface area contributed by atoms with E-state index in [9.17, 15) is 0 Å². The maximum atomic E-state index is 6.15. The van der Waals surface area contributed by atoms with Crippen molar-refractivity contribution < 1.29 is 4.74 Å². The molecule has 1 aliphatic rings. The van der Waals surface area contributed by atoms with Crippen molar-refractivity contribution in [1.29, 1.82) is 0 Å². The molecule has 1 fully saturated rings. The molecule has 0 spiro atoms. The van der Waals surface area contributed by atoms with Crippen molar-refractivity contribution in [3.8, 4) is 0 Å². The molecule has 1 aromatic rings. The van der Waals surface area contributed by atoms with Crippen LogP contribution >= 0.6 is 0 Å². The van der Waals surface area contributed by atoms with Gasteiger partial charge in [0.2, 0.25) is 0 Å². The number of aromatic nitrogens is 1. The Balaban J connectivity index is 1.89. The van der Waals surface area contributed by atoms with Gasteiger partial charge < -0.3 is 10.5 Å². The van der Waals surface area contributed by atoms with Crippen LogP contribution in [-0.4, -0.2) is 17.1 Å². The highest BCUT2D eigenvalue weighted by Gasteiger charge is 2.34. The molecule has 0 amide bonds. The number of nitrogens with zero attached hydrogens (tertiary/aromatic N) is 1. The molecule has 3 heteroatoms. The minimum atomic E-state index is -0.0884. The van der Waals surface area contributed by atoms with E-state index in [4.69, 9.17) is 10.5 Å². The average Bonchev–Trinajstić information content (AvgIpc) is 2.47. The summed E-state index contributed by atoms with van der Waals surface area (Å²) >= 11 is 0. The molecule has 1 heterocycles. The molecule has 0 radical (unpaired) electrons. The van der Waals surface area contributed by atoms with Crippen molar-refractivity contribution in [2.24, 2.45) is 11.7 Å². The Kier molecular flexibility index (Phi) is 4.72. The highest BCUT2D eigenvalue weighted by atomic mass is 16.5. The van der Waals surface area contributed by atoms with Crippen molar-refractivity contribution >= 4 is 0 Å². The van der Waals surface area contributed by atoms with Crippen LogP contribution in [0.4, 0.5) is 0 Å². The molecule has 1 aromatic heterocycles. The molecule has 1 aliphatic carbocycles. The van der Waals surface area contributed by atoms with E-state index < -0.39 is 0 Å². The summed E-state index contributed by atoms with van der Waals surface area (Å²) in [6, 6.07) is 4.00. The highest BCUT2D eigenvalue weighted by Crippen LogP contribution is 2.36. The Hall–Kier alpha value is -0.930. The third-order valence-corrected chi connectivity index (χ3v) is 4.26. The second kappa shape index (κ2) is 6.30. The van der Waals surface area contributed by atoms with E-state index in [2.05, 4.69) is 11.9 Å². The van der Waals surface area contributed by atoms with Gasteiger partial charge in [-0.3, -0.25) is 4.98 Å². The van der Waals surface area contributed by atoms with Crippen LogP contribution in [0.25, 0.3) is 0 Å². The normalized spacial score (nSPS) is 28.2. The van der Waals surface area contributed by atoms with Crippen LogP contribution in [0.15, 0.2) is 24.5 Å². The first-order valence-electron chi connectivity index (χ1n) is 7.01. The van der Waals surface area contributed by atoms with Crippen LogP contribution in [-0.2, 0) is 11.3 Å². The zero-order valence-corrected chi connectivity index (χ0v) is 11.3. The Labute approximate surface area is 110 Å². The first-order chi connectivity index (χ1) is 8.78. The summed E-state index contributed by atoms with van der Waals surface area (Å²) in [7, 11) is 0. The highest BCUT2D eigenvalue weighted by molar-refractivity contribution is 5.08. The summed E-state index contributed by atoms with van der Waals surface area (Å²) < 4.78 is 6.15. The number of pyridine rings is 1. The molecule has 0 atom stereocenters. The fourth-order valence-electron chi connectivity index (χ4n) is 2.73. The minimum absolute atomic E-state index is 0.0884. The van der Waals surface area contributed by atoms with Crippen LogP contribution in [0.3, 0.4) is 0 Å². The molecule has 0 unspecified atom stereocenters. The van der Waals surface area contributed by atoms with Gasteiger partial charge in [-0.1, -0.05) is 13.3 Å². The van der Waals surface area contributed by atoms with Crippen molar-refractivity contribution in [1.82, 2.24) is 4.98 Å². The van der Waals surface area contributed by atoms with Gasteiger partial charge in [-0.25, -0.2) is 0 Å². The summed E-state index contributed by atoms with van der Waals surface area (Å²) in [5.74, 6) is 0.870. The van der Waals surface area contributed by atoms with E-state index in [1.165, 1.54) is 24.8 Å². The molecule has 0 aromatic carbocycles. The molecular weight excluding hydrogens is 224 g/mol. The van der Waals surface area contributed by atoms with E-state index in [0.717, 1.165) is 18.8 Å². The van der Waals surface area contributed by atoms with Crippen molar-refractivity contribution in [2.75, 3.05) is 6.54 Å². The summed E-state index contributed by atoms with van der Waals surface area (Å²) in [6.07, 6.45) is 9.61. The van der Waals surface area contributed by atoms with E-state index in [1.54, 1.807) is 0 Å². The average molecular weight is 248 g/mol. The first-order valence-corrected chi connectivity index (χ1v) is 7.01. The third kappa shape index (κ3) is 3.30. The fraction of sp³-hybridized carbons (Fsp3) is 0.667. The van der Waals surface area contributed by atoms with E-state index >= 15 is 0 Å². The van der Waals surface area contributed by atoms with Gasteiger partial charge in [0.05, 0.1) is 12.2 Å². The van der Waals surface area contributed by atoms with Gasteiger partial charge >= 0.3 is 0 Å². The van der Waals surface area contributed by atoms with E-state index in [0.29, 0.717) is 13.2 Å². The predicted octanol–water partition coefficient (Wildman–Crippen LogP) is 2.90. The van der Waals surface area contributed by atoms with Gasteiger partial charge in [-0.05, 0) is 49.3 Å². The molecule has 0 aliphatic heterocycles. The standard InChI is InChI=1S/C15H24N2O/c1-2-13-3-7-15(12-16,8-4-13)18-11-14-5-9-17-10-6-14/h5-6,9-10,13H,2-4,7-8,11-12,16H2,1H3. The van der Waals surface area contributed by atoms with Gasteiger partial charge in [0.1, 0.15) is 0 Å². The smallest absolute Gasteiger partial charge is 0.0808 e. The molecule has 2 rings (SSSR count). The second-order valence-corrected chi connectivity index (χ2v) is 5.38. The van der Waals surface area contributed by atoms with Crippen molar-refractivity contribution in [2.45, 2.75) is 51.2 Å². The zero-order valence-electron chi connectivity index (χ0n) is 11.3. The Morgan fingerprint density at radius 3 is 2.56 bits per heavy atom. The largest absolute Gasteiger partial charge is 0.369 e. The quantitative estimate of drug-likeness (QED) is 0.871. The van der Waals surface area contributed by atoms with Crippen LogP contribution in [0.2, 0.25) is 0 Å². The first kappa shape index (κ1) is 13.5. The second-order valence-electron chi connectivity index (χ2n) is 5.38. The maximum Gasteiger partial charge on any atom is 0.0808 e. The molecule has 2 N–H and O–H groups in total. The Bertz CT molecular complexity index is 345. The van der Waals surface area contributed by atoms with Crippen LogP contribution in [0, 0.1) is 5.92 Å². The molecule has 100 valence electrons. The van der Waals surface area contributed by atoms with Crippen LogP contribution in [0.5, 0.6) is 0 Å². The summed E-state index contributed by atoms with van der Waals surface area (Å²) in [4.78, 5) is 4.02. The lowest BCUT2D eigenvalue weighted by atomic mass is 9.77. The molecular formula is C15H24N2O. The maximum absolute atomic E-state index is 6.15. The van der Waals surface area contributed by atoms with E-state index in [-0.39, 0.29) is 5.60 Å². The molecule has 1 saturated carbocycles. The van der Waals surface area contributed by atoms with E-state index in [1.807, 2.05) is 24.5 Å². The number of nitrogens with two attached hydrogens (primary N) is 1. The monoisotopic (exact) mass is 248 g/mol. The van der Waals surface area contributed by atoms with Crippen molar-refractivity contribution in [3.05, 3.63) is 30.1 Å². The number of hydrogen-bond acceptors (Lipinski definition) is 3. The number of rotatable bonds is 5. The molecule has 0 bridgehead atoms. The van der Waals surface area contributed by atoms with Crippen LogP contribution in [0.1, 0.15) is 44.6 Å².